The third-order valence-corrected chi connectivity index (χ3v) is 15.3. The van der Waals surface area contributed by atoms with Crippen molar-refractivity contribution in [2.24, 2.45) is 0 Å². The lowest BCUT2D eigenvalue weighted by Crippen LogP contribution is -2.13. The van der Waals surface area contributed by atoms with Crippen LogP contribution in [0.2, 0.25) is 0 Å². The first-order valence-electron chi connectivity index (χ1n) is 25.7. The van der Waals surface area contributed by atoms with Crippen molar-refractivity contribution in [2.75, 3.05) is 9.80 Å². The number of rotatable bonds is 12. The third-order valence-electron chi connectivity index (χ3n) is 15.3. The van der Waals surface area contributed by atoms with E-state index in [-0.39, 0.29) is 0 Å². The molecular formula is C67H60N2. The molecule has 2 heteroatoms. The molecule has 0 aromatic heterocycles. The lowest BCUT2D eigenvalue weighted by molar-refractivity contribution is 0.447. The fraction of sp³-hybridized carbons (Fsp3) is 0.194. The van der Waals surface area contributed by atoms with Crippen molar-refractivity contribution in [3.05, 3.63) is 217 Å². The van der Waals surface area contributed by atoms with Gasteiger partial charge in [-0.2, -0.15) is 0 Å². The zero-order valence-corrected chi connectivity index (χ0v) is 40.0. The summed E-state index contributed by atoms with van der Waals surface area (Å²) in [5.41, 5.74) is 10.2. The summed E-state index contributed by atoms with van der Waals surface area (Å²) in [6.45, 7) is 4.75. The quantitative estimate of drug-likeness (QED) is 0.113. The number of anilines is 6. The molecule has 1 aliphatic carbocycles. The Balaban J connectivity index is 1.13. The van der Waals surface area contributed by atoms with Gasteiger partial charge in [-0.3, -0.25) is 0 Å². The highest BCUT2D eigenvalue weighted by Crippen LogP contribution is 2.50. The van der Waals surface area contributed by atoms with E-state index in [1.807, 2.05) is 0 Å². The number of hydrogen-bond acceptors (Lipinski definition) is 2. The summed E-state index contributed by atoms with van der Waals surface area (Å²) in [4.78, 5) is 5.02. The van der Waals surface area contributed by atoms with Gasteiger partial charge in [-0.25, -0.2) is 0 Å². The molecule has 0 radical (unpaired) electrons. The van der Waals surface area contributed by atoms with Crippen LogP contribution >= 0.6 is 0 Å². The standard InChI is InChI=1S/C67H60N2/c1-3-16-50(17-4-2)66-62-38-36-61(69(58-34-30-48-20-10-14-26-54(48)42-58)59-35-31-49-21-11-15-27-55(49)43-59)45-65(62)67(51-22-6-5-7-23-51)63-39-37-60(44-64(63)66)68(56-32-28-46-18-8-12-24-52(46)40-56)57-33-29-47-19-9-13-25-53(47)41-57/h8-15,18-21,24-45,50-51H,3-7,16-17,22-23H2,1-2H3. The number of benzene rings is 11. The number of hydrogen-bond donors (Lipinski definition) is 0. The van der Waals surface area contributed by atoms with E-state index < -0.39 is 0 Å². The van der Waals surface area contributed by atoms with Crippen LogP contribution in [0, 0.1) is 0 Å². The predicted molar refractivity (Wildman–Crippen MR) is 299 cm³/mol. The molecule has 0 bridgehead atoms. The first kappa shape index (κ1) is 42.9. The first-order valence-corrected chi connectivity index (χ1v) is 25.7. The van der Waals surface area contributed by atoms with Crippen LogP contribution in [0.1, 0.15) is 94.6 Å². The molecule has 0 heterocycles. The fourth-order valence-electron chi connectivity index (χ4n) is 12.1. The van der Waals surface area contributed by atoms with Gasteiger partial charge in [-0.05, 0) is 186 Å². The normalized spacial score (nSPS) is 13.4. The maximum Gasteiger partial charge on any atom is 0.0468 e. The summed E-state index contributed by atoms with van der Waals surface area (Å²) >= 11 is 0. The maximum absolute atomic E-state index is 2.59. The third kappa shape index (κ3) is 8.06. The van der Waals surface area contributed by atoms with Gasteiger partial charge >= 0.3 is 0 Å². The minimum atomic E-state index is 0.429. The summed E-state index contributed by atoms with van der Waals surface area (Å²) in [5, 5.41) is 15.7. The van der Waals surface area contributed by atoms with Crippen molar-refractivity contribution >= 4 is 98.8 Å². The number of nitrogens with zero attached hydrogens (tertiary/aromatic N) is 2. The van der Waals surface area contributed by atoms with Gasteiger partial charge in [0.15, 0.2) is 0 Å². The van der Waals surface area contributed by atoms with Crippen LogP contribution in [-0.4, -0.2) is 0 Å². The van der Waals surface area contributed by atoms with Crippen molar-refractivity contribution in [1.82, 2.24) is 0 Å². The van der Waals surface area contributed by atoms with Crippen LogP contribution in [0.5, 0.6) is 0 Å². The van der Waals surface area contributed by atoms with Crippen LogP contribution in [0.15, 0.2) is 206 Å². The zero-order valence-electron chi connectivity index (χ0n) is 40.0. The lowest BCUT2D eigenvalue weighted by atomic mass is 9.76. The average molecular weight is 893 g/mol. The Morgan fingerprint density at radius 2 is 0.696 bits per heavy atom. The minimum absolute atomic E-state index is 0.429. The van der Waals surface area contributed by atoms with E-state index >= 15 is 0 Å². The smallest absolute Gasteiger partial charge is 0.0468 e. The zero-order chi connectivity index (χ0) is 46.3. The Morgan fingerprint density at radius 3 is 1.10 bits per heavy atom. The number of fused-ring (bicyclic) bond motifs is 6. The predicted octanol–water partition coefficient (Wildman–Crippen LogP) is 20.3. The van der Waals surface area contributed by atoms with Crippen LogP contribution in [0.3, 0.4) is 0 Å². The largest absolute Gasteiger partial charge is 0.310 e. The Labute approximate surface area is 407 Å². The van der Waals surface area contributed by atoms with E-state index in [1.54, 1.807) is 5.56 Å². The van der Waals surface area contributed by atoms with E-state index in [4.69, 9.17) is 0 Å². The van der Waals surface area contributed by atoms with Crippen LogP contribution in [-0.2, 0) is 0 Å². The van der Waals surface area contributed by atoms with E-state index in [1.165, 1.54) is 136 Å². The summed E-state index contributed by atoms with van der Waals surface area (Å²) < 4.78 is 0. The SMILES string of the molecule is CCCC(CCC)c1c2cc(N(c3ccc4ccccc4c3)c3ccc4ccccc4c3)ccc2c(C2CCCCC2)c2cc(N(c3ccc4ccccc4c3)c3ccc4ccccc4c3)ccc12. The van der Waals surface area contributed by atoms with E-state index in [9.17, 15) is 0 Å². The summed E-state index contributed by atoms with van der Waals surface area (Å²) in [6, 6.07) is 78.0. The van der Waals surface area contributed by atoms with E-state index in [0.717, 1.165) is 25.7 Å². The molecule has 0 amide bonds. The molecule has 1 saturated carbocycles. The van der Waals surface area contributed by atoms with Gasteiger partial charge in [0.2, 0.25) is 0 Å². The molecule has 0 aliphatic heterocycles. The molecule has 0 unspecified atom stereocenters. The van der Waals surface area contributed by atoms with Crippen molar-refractivity contribution in [3.8, 4) is 0 Å². The molecule has 69 heavy (non-hydrogen) atoms. The Kier molecular flexibility index (Phi) is 11.6. The van der Waals surface area contributed by atoms with E-state index in [0.29, 0.717) is 11.8 Å². The lowest BCUT2D eigenvalue weighted by Gasteiger charge is -2.32. The molecule has 0 spiro atoms. The monoisotopic (exact) mass is 892 g/mol. The van der Waals surface area contributed by atoms with Gasteiger partial charge in [0, 0.05) is 34.1 Å². The molecule has 11 aromatic rings. The average Bonchev–Trinajstić information content (AvgIpc) is 3.40. The Hall–Kier alpha value is -7.42. The summed E-state index contributed by atoms with van der Waals surface area (Å²) in [7, 11) is 0. The molecule has 338 valence electrons. The highest BCUT2D eigenvalue weighted by molar-refractivity contribution is 6.10. The van der Waals surface area contributed by atoms with E-state index in [2.05, 4.69) is 230 Å². The topological polar surface area (TPSA) is 6.48 Å². The molecule has 1 aliphatic rings. The summed E-state index contributed by atoms with van der Waals surface area (Å²) in [6.07, 6.45) is 10.9. The van der Waals surface area contributed by atoms with Crippen molar-refractivity contribution in [2.45, 2.75) is 83.5 Å². The van der Waals surface area contributed by atoms with Crippen molar-refractivity contribution < 1.29 is 0 Å². The molecule has 2 nitrogen and oxygen atoms in total. The molecule has 12 rings (SSSR count). The van der Waals surface area contributed by atoms with Gasteiger partial charge in [0.25, 0.3) is 0 Å². The molecule has 0 atom stereocenters. The molecular weight excluding hydrogens is 833 g/mol. The maximum atomic E-state index is 2.59. The fourth-order valence-corrected chi connectivity index (χ4v) is 12.1. The second-order valence-electron chi connectivity index (χ2n) is 19.7. The second kappa shape index (κ2) is 18.6. The van der Waals surface area contributed by atoms with Crippen molar-refractivity contribution in [3.63, 3.8) is 0 Å². The Morgan fingerprint density at radius 1 is 0.348 bits per heavy atom. The molecule has 11 aromatic carbocycles. The second-order valence-corrected chi connectivity index (χ2v) is 19.7. The first-order chi connectivity index (χ1) is 34.1. The van der Waals surface area contributed by atoms with Crippen molar-refractivity contribution in [1.29, 1.82) is 0 Å². The molecule has 1 fully saturated rings. The minimum Gasteiger partial charge on any atom is -0.310 e. The van der Waals surface area contributed by atoms with Crippen LogP contribution < -0.4 is 9.80 Å². The highest BCUT2D eigenvalue weighted by atomic mass is 15.1. The van der Waals surface area contributed by atoms with Gasteiger partial charge in [-0.1, -0.05) is 179 Å². The Bertz CT molecular complexity index is 3510. The highest BCUT2D eigenvalue weighted by Gasteiger charge is 2.28. The van der Waals surface area contributed by atoms with Crippen LogP contribution in [0.4, 0.5) is 34.1 Å². The summed E-state index contributed by atoms with van der Waals surface area (Å²) in [5.74, 6) is 0.917. The van der Waals surface area contributed by atoms with Gasteiger partial charge in [0.1, 0.15) is 0 Å². The molecule has 0 saturated heterocycles. The van der Waals surface area contributed by atoms with Gasteiger partial charge in [-0.15, -0.1) is 0 Å². The molecule has 0 N–H and O–H groups in total. The van der Waals surface area contributed by atoms with Gasteiger partial charge in [0.05, 0.1) is 0 Å². The van der Waals surface area contributed by atoms with Gasteiger partial charge < -0.3 is 9.80 Å². The van der Waals surface area contributed by atoms with Crippen LogP contribution in [0.25, 0.3) is 64.6 Å².